The fourth-order valence-electron chi connectivity index (χ4n) is 0.635. The van der Waals surface area contributed by atoms with Crippen LogP contribution in [0.25, 0.3) is 0 Å². The third-order valence-electron chi connectivity index (χ3n) is 0.925. The summed E-state index contributed by atoms with van der Waals surface area (Å²) in [5.41, 5.74) is 1.31. The third kappa shape index (κ3) is 3.88. The molecule has 1 heteroatoms. The van der Waals surface area contributed by atoms with Gasteiger partial charge in [-0.1, -0.05) is 18.6 Å². The fourth-order valence-corrected chi connectivity index (χ4v) is 0.635. The number of ether oxygens (including phenoxy) is 1. The van der Waals surface area contributed by atoms with E-state index in [0.717, 1.165) is 13.0 Å². The zero-order valence-electron chi connectivity index (χ0n) is 5.90. The van der Waals surface area contributed by atoms with Gasteiger partial charge in [0.15, 0.2) is 0 Å². The second-order valence-corrected chi connectivity index (χ2v) is 1.89. The zero-order valence-corrected chi connectivity index (χ0v) is 5.90. The highest BCUT2D eigenvalue weighted by Crippen LogP contribution is 1.93. The van der Waals surface area contributed by atoms with Crippen LogP contribution in [-0.4, -0.2) is 13.7 Å². The molecule has 0 spiro atoms. The van der Waals surface area contributed by atoms with Gasteiger partial charge in [0.2, 0.25) is 0 Å². The van der Waals surface area contributed by atoms with Crippen LogP contribution in [0.2, 0.25) is 0 Å². The van der Waals surface area contributed by atoms with E-state index in [0.29, 0.717) is 0 Å². The Hall–Kier alpha value is -0.300. The average molecular weight is 114 g/mol. The Labute approximate surface area is 51.4 Å². The minimum atomic E-state index is 0.772. The number of allylic oxidation sites excluding steroid dienone is 1. The van der Waals surface area contributed by atoms with E-state index in [-0.39, 0.29) is 0 Å². The van der Waals surface area contributed by atoms with Crippen molar-refractivity contribution in [2.24, 2.45) is 0 Å². The summed E-state index contributed by atoms with van der Waals surface area (Å²) < 4.78 is 4.89. The van der Waals surface area contributed by atoms with Gasteiger partial charge in [-0.15, -0.1) is 0 Å². The highest BCUT2D eigenvalue weighted by atomic mass is 16.5. The minimum absolute atomic E-state index is 0.772. The topological polar surface area (TPSA) is 9.23 Å². The molecule has 0 amide bonds. The highest BCUT2D eigenvalue weighted by molar-refractivity contribution is 4.96. The van der Waals surface area contributed by atoms with Gasteiger partial charge in [0.1, 0.15) is 0 Å². The van der Waals surface area contributed by atoms with Crippen LogP contribution in [0.5, 0.6) is 0 Å². The van der Waals surface area contributed by atoms with Crippen molar-refractivity contribution in [2.45, 2.75) is 20.3 Å². The first-order valence-electron chi connectivity index (χ1n) is 2.95. The van der Waals surface area contributed by atoms with Crippen molar-refractivity contribution < 1.29 is 4.74 Å². The Morgan fingerprint density at radius 3 is 2.62 bits per heavy atom. The molecule has 0 aliphatic heterocycles. The van der Waals surface area contributed by atoms with Crippen molar-refractivity contribution in [2.75, 3.05) is 13.7 Å². The first kappa shape index (κ1) is 7.70. The van der Waals surface area contributed by atoms with Gasteiger partial charge < -0.3 is 4.74 Å². The molecule has 0 atom stereocenters. The van der Waals surface area contributed by atoms with Crippen LogP contribution < -0.4 is 0 Å². The normalized spacial score (nSPS) is 12.1. The SMILES string of the molecule is CC/C=C(\C)COC. The monoisotopic (exact) mass is 114 g/mol. The van der Waals surface area contributed by atoms with Gasteiger partial charge in [-0.2, -0.15) is 0 Å². The molecule has 8 heavy (non-hydrogen) atoms. The van der Waals surface area contributed by atoms with Crippen LogP contribution in [0.4, 0.5) is 0 Å². The summed E-state index contributed by atoms with van der Waals surface area (Å²) in [7, 11) is 1.72. The van der Waals surface area contributed by atoms with Gasteiger partial charge >= 0.3 is 0 Å². The molecule has 0 aliphatic rings. The lowest BCUT2D eigenvalue weighted by Gasteiger charge is -1.95. The van der Waals surface area contributed by atoms with Gasteiger partial charge in [-0.05, 0) is 13.3 Å². The maximum Gasteiger partial charge on any atom is 0.0670 e. The highest BCUT2D eigenvalue weighted by Gasteiger charge is 1.82. The number of hydrogen-bond acceptors (Lipinski definition) is 1. The average Bonchev–Trinajstić information content (AvgIpc) is 1.68. The molecule has 0 N–H and O–H groups in total. The van der Waals surface area contributed by atoms with Crippen molar-refractivity contribution in [3.63, 3.8) is 0 Å². The molecule has 0 aliphatic carbocycles. The lowest BCUT2D eigenvalue weighted by Crippen LogP contribution is -1.88. The van der Waals surface area contributed by atoms with Gasteiger partial charge in [0.25, 0.3) is 0 Å². The van der Waals surface area contributed by atoms with E-state index in [1.165, 1.54) is 5.57 Å². The molecule has 0 heterocycles. The molecular formula is C7H14O. The van der Waals surface area contributed by atoms with Crippen LogP contribution >= 0.6 is 0 Å². The van der Waals surface area contributed by atoms with Crippen LogP contribution in [0, 0.1) is 0 Å². The van der Waals surface area contributed by atoms with E-state index < -0.39 is 0 Å². The summed E-state index contributed by atoms with van der Waals surface area (Å²) in [4.78, 5) is 0. The van der Waals surface area contributed by atoms with Crippen LogP contribution in [0.3, 0.4) is 0 Å². The molecule has 0 aromatic rings. The summed E-state index contributed by atoms with van der Waals surface area (Å²) in [6.07, 6.45) is 3.28. The molecule has 0 saturated heterocycles. The van der Waals surface area contributed by atoms with Crippen LogP contribution in [0.1, 0.15) is 20.3 Å². The lowest BCUT2D eigenvalue weighted by atomic mass is 10.3. The smallest absolute Gasteiger partial charge is 0.0670 e. The van der Waals surface area contributed by atoms with Crippen molar-refractivity contribution in [1.82, 2.24) is 0 Å². The quantitative estimate of drug-likeness (QED) is 0.510. The molecule has 0 fully saturated rings. The van der Waals surface area contributed by atoms with Crippen LogP contribution in [0.15, 0.2) is 11.6 Å². The number of hydrogen-bond donors (Lipinski definition) is 0. The van der Waals surface area contributed by atoms with Crippen molar-refractivity contribution in [1.29, 1.82) is 0 Å². The number of rotatable bonds is 3. The number of methoxy groups -OCH3 is 1. The maximum atomic E-state index is 4.89. The molecule has 0 aromatic heterocycles. The Balaban J connectivity index is 3.29. The summed E-state index contributed by atoms with van der Waals surface area (Å²) in [5, 5.41) is 0. The second kappa shape index (κ2) is 4.85. The molecule has 0 radical (unpaired) electrons. The zero-order chi connectivity index (χ0) is 6.41. The van der Waals surface area contributed by atoms with Crippen LogP contribution in [-0.2, 0) is 4.74 Å². The molecule has 0 unspecified atom stereocenters. The van der Waals surface area contributed by atoms with E-state index in [4.69, 9.17) is 4.74 Å². The van der Waals surface area contributed by atoms with E-state index in [1.807, 2.05) is 0 Å². The summed E-state index contributed by atoms with van der Waals surface area (Å²) in [6.45, 7) is 4.97. The van der Waals surface area contributed by atoms with Crippen molar-refractivity contribution >= 4 is 0 Å². The van der Waals surface area contributed by atoms with Gasteiger partial charge in [-0.3, -0.25) is 0 Å². The van der Waals surface area contributed by atoms with E-state index in [9.17, 15) is 0 Å². The Bertz CT molecular complexity index is 74.5. The van der Waals surface area contributed by atoms with E-state index in [2.05, 4.69) is 19.9 Å². The molecular weight excluding hydrogens is 100 g/mol. The predicted molar refractivity (Wildman–Crippen MR) is 35.9 cm³/mol. The first-order chi connectivity index (χ1) is 3.81. The van der Waals surface area contributed by atoms with Crippen molar-refractivity contribution in [3.8, 4) is 0 Å². The van der Waals surface area contributed by atoms with Gasteiger partial charge in [0.05, 0.1) is 6.61 Å². The summed E-state index contributed by atoms with van der Waals surface area (Å²) >= 11 is 0. The predicted octanol–water partition coefficient (Wildman–Crippen LogP) is 1.99. The van der Waals surface area contributed by atoms with E-state index >= 15 is 0 Å². The molecule has 0 saturated carbocycles. The molecule has 0 rings (SSSR count). The van der Waals surface area contributed by atoms with E-state index in [1.54, 1.807) is 7.11 Å². The Kier molecular flexibility index (Phi) is 4.67. The third-order valence-corrected chi connectivity index (χ3v) is 0.925. The van der Waals surface area contributed by atoms with Gasteiger partial charge in [-0.25, -0.2) is 0 Å². The Morgan fingerprint density at radius 2 is 2.25 bits per heavy atom. The largest absolute Gasteiger partial charge is 0.380 e. The standard InChI is InChI=1S/C7H14O/c1-4-5-7(2)6-8-3/h5H,4,6H2,1-3H3/b7-5+. The lowest BCUT2D eigenvalue weighted by molar-refractivity contribution is 0.225. The summed E-state index contributed by atoms with van der Waals surface area (Å²) in [6, 6.07) is 0. The minimum Gasteiger partial charge on any atom is -0.380 e. The van der Waals surface area contributed by atoms with Gasteiger partial charge in [0, 0.05) is 7.11 Å². The molecule has 0 bridgehead atoms. The summed E-state index contributed by atoms with van der Waals surface area (Å²) in [5.74, 6) is 0. The molecule has 0 aromatic carbocycles. The van der Waals surface area contributed by atoms with Crippen molar-refractivity contribution in [3.05, 3.63) is 11.6 Å². The molecule has 1 nitrogen and oxygen atoms in total. The molecule has 48 valence electrons. The fraction of sp³-hybridized carbons (Fsp3) is 0.714. The maximum absolute atomic E-state index is 4.89. The first-order valence-corrected chi connectivity index (χ1v) is 2.95. The second-order valence-electron chi connectivity index (χ2n) is 1.89. The Morgan fingerprint density at radius 1 is 1.62 bits per heavy atom.